The Hall–Kier alpha value is -0.520. The molecule has 0 amide bonds. The highest BCUT2D eigenvalue weighted by molar-refractivity contribution is 5.09. The van der Waals surface area contributed by atoms with Crippen LogP contribution >= 0.6 is 0 Å². The minimum absolute atomic E-state index is 0.720. The van der Waals surface area contributed by atoms with Crippen molar-refractivity contribution < 1.29 is 5.11 Å². The van der Waals surface area contributed by atoms with E-state index in [2.05, 4.69) is 12.7 Å². The molecule has 0 rings (SSSR count). The maximum absolute atomic E-state index is 9.52. The topological polar surface area (TPSA) is 20.2 Å². The van der Waals surface area contributed by atoms with E-state index in [4.69, 9.17) is 0 Å². The van der Waals surface area contributed by atoms with E-state index in [1.807, 2.05) is 13.0 Å². The molecule has 0 aromatic carbocycles. The largest absolute Gasteiger partial charge is 0.385 e. The molecular weight excluding hydrogens is 148 g/mol. The fraction of sp³-hybridized carbons (Fsp3) is 0.727. The Morgan fingerprint density at radius 2 is 2.08 bits per heavy atom. The van der Waals surface area contributed by atoms with Gasteiger partial charge in [-0.25, -0.2) is 0 Å². The minimum atomic E-state index is -0.720. The van der Waals surface area contributed by atoms with E-state index in [9.17, 15) is 5.11 Å². The fourth-order valence-corrected chi connectivity index (χ4v) is 0.708. The lowest BCUT2D eigenvalue weighted by Crippen LogP contribution is -2.19. The molecule has 0 bridgehead atoms. The fourth-order valence-electron chi connectivity index (χ4n) is 0.708. The Morgan fingerprint density at radius 1 is 1.50 bits per heavy atom. The summed E-state index contributed by atoms with van der Waals surface area (Å²) in [6.45, 7) is 7.63. The second kappa shape index (κ2) is 5.18. The number of hydrogen-bond donors (Lipinski definition) is 1. The average Bonchev–Trinajstić information content (AvgIpc) is 1.96. The highest BCUT2D eigenvalue weighted by Gasteiger charge is 2.13. The third kappa shape index (κ3) is 5.17. The number of aliphatic hydroxyl groups is 1. The van der Waals surface area contributed by atoms with Crippen molar-refractivity contribution >= 4 is 0 Å². The lowest BCUT2D eigenvalue weighted by molar-refractivity contribution is 0.120. The molecule has 1 N–H and O–H groups in total. The van der Waals surface area contributed by atoms with Gasteiger partial charge in [-0.2, -0.15) is 0 Å². The van der Waals surface area contributed by atoms with E-state index >= 15 is 0 Å². The summed E-state index contributed by atoms with van der Waals surface area (Å²) in [6.07, 6.45) is 5.48. The Morgan fingerprint density at radius 3 is 2.50 bits per heavy atom. The van der Waals surface area contributed by atoms with Gasteiger partial charge in [0.25, 0.3) is 0 Å². The van der Waals surface area contributed by atoms with Crippen LogP contribution in [0.5, 0.6) is 0 Å². The van der Waals surface area contributed by atoms with Crippen molar-refractivity contribution in [3.05, 3.63) is 17.4 Å². The molecule has 1 nitrogen and oxygen atoms in total. The van der Waals surface area contributed by atoms with E-state index < -0.39 is 5.60 Å². The molecule has 0 heterocycles. The second-order valence-corrected chi connectivity index (χ2v) is 3.67. The van der Waals surface area contributed by atoms with Crippen molar-refractivity contribution in [2.75, 3.05) is 0 Å². The van der Waals surface area contributed by atoms with Gasteiger partial charge in [-0.05, 0) is 45.3 Å². The molecule has 0 aliphatic carbocycles. The van der Waals surface area contributed by atoms with E-state index in [-0.39, 0.29) is 0 Å². The van der Waals surface area contributed by atoms with Crippen LogP contribution in [0, 0.1) is 0 Å². The zero-order valence-corrected chi connectivity index (χ0v) is 8.65. The Labute approximate surface area is 75.8 Å². The zero-order valence-electron chi connectivity index (χ0n) is 8.65. The van der Waals surface area contributed by atoms with Crippen molar-refractivity contribution in [1.29, 1.82) is 0 Å². The lowest BCUT2D eigenvalue weighted by Gasteiger charge is -2.15. The van der Waals surface area contributed by atoms with E-state index in [0.717, 1.165) is 12.0 Å². The quantitative estimate of drug-likeness (QED) is 0.505. The van der Waals surface area contributed by atoms with Crippen LogP contribution in [0.15, 0.2) is 17.4 Å². The van der Waals surface area contributed by atoms with Gasteiger partial charge in [0.2, 0.25) is 0 Å². The smallest absolute Gasteiger partial charge is 0.0871 e. The minimum Gasteiger partial charge on any atom is -0.385 e. The van der Waals surface area contributed by atoms with Crippen molar-refractivity contribution in [2.45, 2.75) is 52.6 Å². The van der Waals surface area contributed by atoms with Gasteiger partial charge in [-0.3, -0.25) is 0 Å². The van der Waals surface area contributed by atoms with Gasteiger partial charge >= 0.3 is 0 Å². The number of unbranched alkanes of at least 4 members (excludes halogenated alkanes) is 2. The second-order valence-electron chi connectivity index (χ2n) is 3.67. The molecular formula is C11H20O. The number of rotatable bonds is 4. The van der Waals surface area contributed by atoms with Crippen LogP contribution in [-0.2, 0) is 0 Å². The van der Waals surface area contributed by atoms with Gasteiger partial charge in [0, 0.05) is 0 Å². The molecule has 0 aliphatic rings. The zero-order chi connectivity index (χ0) is 9.61. The lowest BCUT2D eigenvalue weighted by atomic mass is 10.0. The van der Waals surface area contributed by atoms with Gasteiger partial charge in [0.05, 0.1) is 5.60 Å². The molecule has 0 spiro atoms. The standard InChI is InChI=1S/C11H20O/c1-5-6-7-8-9-10(2)11(3,4)12/h8,12H,5-7H2,1-4H3. The molecule has 0 saturated carbocycles. The van der Waals surface area contributed by atoms with Crippen LogP contribution in [0.2, 0.25) is 0 Å². The van der Waals surface area contributed by atoms with Gasteiger partial charge in [-0.15, -0.1) is 5.73 Å². The summed E-state index contributed by atoms with van der Waals surface area (Å²) in [4.78, 5) is 0. The van der Waals surface area contributed by atoms with Gasteiger partial charge in [0.1, 0.15) is 0 Å². The van der Waals surface area contributed by atoms with Gasteiger partial charge < -0.3 is 5.11 Å². The molecule has 0 atom stereocenters. The van der Waals surface area contributed by atoms with Crippen LogP contribution in [0.3, 0.4) is 0 Å². The first-order valence-corrected chi connectivity index (χ1v) is 4.63. The normalized spacial score (nSPS) is 10.8. The summed E-state index contributed by atoms with van der Waals surface area (Å²) in [5, 5.41) is 9.52. The summed E-state index contributed by atoms with van der Waals surface area (Å²) >= 11 is 0. The summed E-state index contributed by atoms with van der Waals surface area (Å²) in [5.41, 5.74) is 3.28. The van der Waals surface area contributed by atoms with Crippen molar-refractivity contribution in [2.24, 2.45) is 0 Å². The Bertz CT molecular complexity index is 178. The average molecular weight is 168 g/mol. The monoisotopic (exact) mass is 168 g/mol. The maximum atomic E-state index is 9.52. The molecule has 1 heteroatoms. The molecule has 0 radical (unpaired) electrons. The first-order valence-electron chi connectivity index (χ1n) is 4.63. The SMILES string of the molecule is CCCCC=C=C(C)C(C)(C)O. The van der Waals surface area contributed by atoms with Gasteiger partial charge in [0.15, 0.2) is 0 Å². The number of hydrogen-bond acceptors (Lipinski definition) is 1. The van der Waals surface area contributed by atoms with E-state index in [0.29, 0.717) is 0 Å². The third-order valence-corrected chi connectivity index (χ3v) is 1.94. The predicted molar refractivity (Wildman–Crippen MR) is 53.1 cm³/mol. The summed E-state index contributed by atoms with van der Waals surface area (Å²) in [6, 6.07) is 0. The first kappa shape index (κ1) is 11.5. The summed E-state index contributed by atoms with van der Waals surface area (Å²) in [5.74, 6) is 0. The predicted octanol–water partition coefficient (Wildman–Crippen LogP) is 3.05. The molecule has 12 heavy (non-hydrogen) atoms. The highest BCUT2D eigenvalue weighted by Crippen LogP contribution is 2.12. The van der Waals surface area contributed by atoms with E-state index in [1.165, 1.54) is 12.8 Å². The summed E-state index contributed by atoms with van der Waals surface area (Å²) in [7, 11) is 0. The molecule has 0 aromatic heterocycles. The van der Waals surface area contributed by atoms with Crippen molar-refractivity contribution in [3.63, 3.8) is 0 Å². The molecule has 0 aromatic rings. The highest BCUT2D eigenvalue weighted by atomic mass is 16.3. The van der Waals surface area contributed by atoms with Crippen molar-refractivity contribution in [1.82, 2.24) is 0 Å². The Balaban J connectivity index is 4.07. The maximum Gasteiger partial charge on any atom is 0.0871 e. The first-order chi connectivity index (χ1) is 5.48. The van der Waals surface area contributed by atoms with Gasteiger partial charge in [-0.1, -0.05) is 13.3 Å². The molecule has 0 aliphatic heterocycles. The molecule has 70 valence electrons. The van der Waals surface area contributed by atoms with Crippen LogP contribution in [0.4, 0.5) is 0 Å². The molecule has 0 fully saturated rings. The Kier molecular flexibility index (Phi) is 4.96. The summed E-state index contributed by atoms with van der Waals surface area (Å²) < 4.78 is 0. The van der Waals surface area contributed by atoms with Crippen molar-refractivity contribution in [3.8, 4) is 0 Å². The molecule has 0 saturated heterocycles. The van der Waals surface area contributed by atoms with E-state index in [1.54, 1.807) is 13.8 Å². The van der Waals surface area contributed by atoms with Crippen LogP contribution in [0.1, 0.15) is 47.0 Å². The third-order valence-electron chi connectivity index (χ3n) is 1.94. The van der Waals surface area contributed by atoms with Crippen LogP contribution in [-0.4, -0.2) is 10.7 Å². The van der Waals surface area contributed by atoms with Crippen LogP contribution < -0.4 is 0 Å². The van der Waals surface area contributed by atoms with Crippen LogP contribution in [0.25, 0.3) is 0 Å². The molecule has 0 unspecified atom stereocenters.